The van der Waals surface area contributed by atoms with Crippen LogP contribution in [0, 0.1) is 0 Å². The molecular weight excluding hydrogens is 330 g/mol. The third kappa shape index (κ3) is 5.11. The normalized spacial score (nSPS) is 14.6. The maximum Gasteiger partial charge on any atom is 0.257 e. The predicted molar refractivity (Wildman–Crippen MR) is 100 cm³/mol. The first kappa shape index (κ1) is 18.0. The summed E-state index contributed by atoms with van der Waals surface area (Å²) in [5.74, 6) is -0.396. The summed E-state index contributed by atoms with van der Waals surface area (Å²) in [7, 11) is 0. The van der Waals surface area contributed by atoms with E-state index in [0.717, 1.165) is 32.7 Å². The number of anilines is 1. The smallest absolute Gasteiger partial charge is 0.257 e. The molecule has 7 nitrogen and oxygen atoms in total. The monoisotopic (exact) mass is 353 g/mol. The molecule has 1 fully saturated rings. The molecule has 136 valence electrons. The molecule has 26 heavy (non-hydrogen) atoms. The Balaban J connectivity index is 1.52. The molecule has 0 radical (unpaired) electrons. The van der Waals surface area contributed by atoms with Crippen molar-refractivity contribution in [3.05, 3.63) is 59.9 Å². The molecular formula is C19H23N5O2. The third-order valence-electron chi connectivity index (χ3n) is 4.23. The number of benzene rings is 1. The largest absolute Gasteiger partial charge is 0.351 e. The van der Waals surface area contributed by atoms with Crippen LogP contribution in [0.1, 0.15) is 20.7 Å². The average molecular weight is 353 g/mol. The van der Waals surface area contributed by atoms with Gasteiger partial charge in [-0.25, -0.2) is 0 Å². The Morgan fingerprint density at radius 3 is 2.65 bits per heavy atom. The van der Waals surface area contributed by atoms with Crippen LogP contribution in [0.15, 0.2) is 48.8 Å². The standard InChI is InChI=1S/C19H23N5O2/c25-18(22-9-12-24-10-7-20-8-11-24)15-3-1-5-17(13-15)23-19(26)16-4-2-6-21-14-16/h1-6,13-14,20H,7-12H2,(H,22,25)(H,23,26). The molecule has 1 aromatic heterocycles. The van der Waals surface area contributed by atoms with Crippen LogP contribution in [0.25, 0.3) is 0 Å². The Bertz CT molecular complexity index is 745. The summed E-state index contributed by atoms with van der Waals surface area (Å²) < 4.78 is 0. The number of nitrogens with zero attached hydrogens (tertiary/aromatic N) is 2. The van der Waals surface area contributed by atoms with Crippen molar-refractivity contribution in [2.45, 2.75) is 0 Å². The number of carbonyl (C=O) groups is 2. The second-order valence-corrected chi connectivity index (χ2v) is 6.12. The van der Waals surface area contributed by atoms with E-state index in [1.54, 1.807) is 42.6 Å². The van der Waals surface area contributed by atoms with Gasteiger partial charge in [0.25, 0.3) is 11.8 Å². The van der Waals surface area contributed by atoms with Crippen molar-refractivity contribution >= 4 is 17.5 Å². The summed E-state index contributed by atoms with van der Waals surface area (Å²) in [6, 6.07) is 10.3. The van der Waals surface area contributed by atoms with Crippen LogP contribution in [-0.4, -0.2) is 61.0 Å². The molecule has 7 heteroatoms. The summed E-state index contributed by atoms with van der Waals surface area (Å²) in [6.07, 6.45) is 3.12. The number of aromatic nitrogens is 1. The van der Waals surface area contributed by atoms with Crippen molar-refractivity contribution in [3.63, 3.8) is 0 Å². The number of amides is 2. The maximum atomic E-state index is 12.3. The Labute approximate surface area is 152 Å². The topological polar surface area (TPSA) is 86.4 Å². The number of rotatable bonds is 6. The molecule has 2 aromatic rings. The van der Waals surface area contributed by atoms with E-state index >= 15 is 0 Å². The van der Waals surface area contributed by atoms with Gasteiger partial charge in [0.05, 0.1) is 5.56 Å². The predicted octanol–water partition coefficient (Wildman–Crippen LogP) is 0.969. The van der Waals surface area contributed by atoms with Crippen LogP contribution >= 0.6 is 0 Å². The number of hydrogen-bond acceptors (Lipinski definition) is 5. The van der Waals surface area contributed by atoms with Crippen molar-refractivity contribution in [2.75, 3.05) is 44.6 Å². The molecule has 0 unspecified atom stereocenters. The van der Waals surface area contributed by atoms with Crippen LogP contribution in [0.5, 0.6) is 0 Å². The molecule has 0 saturated carbocycles. The van der Waals surface area contributed by atoms with Crippen molar-refractivity contribution in [1.82, 2.24) is 20.5 Å². The van der Waals surface area contributed by atoms with Gasteiger partial charge in [0.15, 0.2) is 0 Å². The van der Waals surface area contributed by atoms with Crippen molar-refractivity contribution in [2.24, 2.45) is 0 Å². The van der Waals surface area contributed by atoms with Gasteiger partial charge >= 0.3 is 0 Å². The maximum absolute atomic E-state index is 12.3. The fraction of sp³-hybridized carbons (Fsp3) is 0.316. The highest BCUT2D eigenvalue weighted by atomic mass is 16.2. The van der Waals surface area contributed by atoms with E-state index in [4.69, 9.17) is 0 Å². The molecule has 1 aliphatic heterocycles. The SMILES string of the molecule is O=C(NCCN1CCNCC1)c1cccc(NC(=O)c2cccnc2)c1. The lowest BCUT2D eigenvalue weighted by molar-refractivity contribution is 0.0946. The molecule has 0 atom stereocenters. The van der Waals surface area contributed by atoms with Crippen molar-refractivity contribution in [3.8, 4) is 0 Å². The molecule has 3 rings (SSSR count). The van der Waals surface area contributed by atoms with Gasteiger partial charge in [-0.1, -0.05) is 6.07 Å². The lowest BCUT2D eigenvalue weighted by Gasteiger charge is -2.27. The van der Waals surface area contributed by atoms with Gasteiger partial charge in [0.1, 0.15) is 0 Å². The minimum Gasteiger partial charge on any atom is -0.351 e. The lowest BCUT2D eigenvalue weighted by atomic mass is 10.1. The zero-order chi connectivity index (χ0) is 18.2. The van der Waals surface area contributed by atoms with E-state index < -0.39 is 0 Å². The Hall–Kier alpha value is -2.77. The molecule has 2 heterocycles. The first-order chi connectivity index (χ1) is 12.7. The van der Waals surface area contributed by atoms with E-state index in [-0.39, 0.29) is 11.8 Å². The lowest BCUT2D eigenvalue weighted by Crippen LogP contribution is -2.46. The van der Waals surface area contributed by atoms with Crippen LogP contribution in [0.4, 0.5) is 5.69 Å². The number of carbonyl (C=O) groups excluding carboxylic acids is 2. The van der Waals surface area contributed by atoms with Gasteiger partial charge in [0.2, 0.25) is 0 Å². The van der Waals surface area contributed by atoms with Crippen LogP contribution in [-0.2, 0) is 0 Å². The van der Waals surface area contributed by atoms with Gasteiger partial charge in [-0.15, -0.1) is 0 Å². The molecule has 1 aliphatic rings. The van der Waals surface area contributed by atoms with E-state index in [9.17, 15) is 9.59 Å². The highest BCUT2D eigenvalue weighted by molar-refractivity contribution is 6.04. The fourth-order valence-corrected chi connectivity index (χ4v) is 2.80. The molecule has 0 spiro atoms. The summed E-state index contributed by atoms with van der Waals surface area (Å²) in [5.41, 5.74) is 1.57. The highest BCUT2D eigenvalue weighted by Gasteiger charge is 2.11. The average Bonchev–Trinajstić information content (AvgIpc) is 2.69. The quantitative estimate of drug-likeness (QED) is 0.720. The zero-order valence-corrected chi connectivity index (χ0v) is 14.6. The van der Waals surface area contributed by atoms with E-state index in [0.29, 0.717) is 23.4 Å². The van der Waals surface area contributed by atoms with Crippen molar-refractivity contribution < 1.29 is 9.59 Å². The fourth-order valence-electron chi connectivity index (χ4n) is 2.80. The van der Waals surface area contributed by atoms with Crippen molar-refractivity contribution in [1.29, 1.82) is 0 Å². The number of nitrogens with one attached hydrogen (secondary N) is 3. The van der Waals surface area contributed by atoms with Gasteiger partial charge in [-0.2, -0.15) is 0 Å². The summed E-state index contributed by atoms with van der Waals surface area (Å²) in [4.78, 5) is 30.8. The third-order valence-corrected chi connectivity index (χ3v) is 4.23. The Morgan fingerprint density at radius 1 is 1.08 bits per heavy atom. The summed E-state index contributed by atoms with van der Waals surface area (Å²) in [5, 5.41) is 9.03. The number of pyridine rings is 1. The molecule has 3 N–H and O–H groups in total. The molecule has 0 aliphatic carbocycles. The van der Waals surface area contributed by atoms with E-state index in [1.165, 1.54) is 6.20 Å². The first-order valence-electron chi connectivity index (χ1n) is 8.75. The highest BCUT2D eigenvalue weighted by Crippen LogP contribution is 2.12. The van der Waals surface area contributed by atoms with E-state index in [1.807, 2.05) is 0 Å². The second kappa shape index (κ2) is 9.07. The van der Waals surface area contributed by atoms with Gasteiger partial charge in [0, 0.05) is 62.9 Å². The Kier molecular flexibility index (Phi) is 6.29. The second-order valence-electron chi connectivity index (χ2n) is 6.12. The Morgan fingerprint density at radius 2 is 1.88 bits per heavy atom. The number of hydrogen-bond donors (Lipinski definition) is 3. The molecule has 1 aromatic carbocycles. The van der Waals surface area contributed by atoms with Crippen LogP contribution < -0.4 is 16.0 Å². The van der Waals surface area contributed by atoms with E-state index in [2.05, 4.69) is 25.8 Å². The van der Waals surface area contributed by atoms with Gasteiger partial charge < -0.3 is 16.0 Å². The minimum absolute atomic E-state index is 0.141. The van der Waals surface area contributed by atoms with Crippen LogP contribution in [0.3, 0.4) is 0 Å². The first-order valence-corrected chi connectivity index (χ1v) is 8.75. The molecule has 1 saturated heterocycles. The molecule has 0 bridgehead atoms. The van der Waals surface area contributed by atoms with Gasteiger partial charge in [-0.05, 0) is 30.3 Å². The summed E-state index contributed by atoms with van der Waals surface area (Å²) in [6.45, 7) is 5.44. The zero-order valence-electron chi connectivity index (χ0n) is 14.6. The van der Waals surface area contributed by atoms with Crippen LogP contribution in [0.2, 0.25) is 0 Å². The minimum atomic E-state index is -0.255. The number of piperazine rings is 1. The summed E-state index contributed by atoms with van der Waals surface area (Å²) >= 11 is 0. The molecule has 2 amide bonds. The van der Waals surface area contributed by atoms with Gasteiger partial charge in [-0.3, -0.25) is 19.5 Å².